The number of carbonyl (C=O) groups is 1. The van der Waals surface area contributed by atoms with Crippen molar-refractivity contribution in [1.29, 1.82) is 0 Å². The maximum absolute atomic E-state index is 12.3. The second-order valence-electron chi connectivity index (χ2n) is 5.52. The van der Waals surface area contributed by atoms with E-state index in [0.717, 1.165) is 45.5 Å². The predicted molar refractivity (Wildman–Crippen MR) is 71.2 cm³/mol. The molecule has 3 rings (SSSR count). The highest BCUT2D eigenvalue weighted by Gasteiger charge is 2.53. The molecule has 0 aromatic rings. The first-order chi connectivity index (χ1) is 8.23. The van der Waals surface area contributed by atoms with E-state index in [-0.39, 0.29) is 24.0 Å². The number of likely N-dealkylation sites (N-methyl/N-ethyl adjacent to an activating group) is 1. The Bertz CT molecular complexity index is 314. The van der Waals surface area contributed by atoms with Gasteiger partial charge in [-0.3, -0.25) is 0 Å². The molecule has 3 aliphatic heterocycles. The third-order valence-corrected chi connectivity index (χ3v) is 4.33. The molecule has 0 bridgehead atoms. The summed E-state index contributed by atoms with van der Waals surface area (Å²) in [4.78, 5) is 16.3. The number of nitrogens with zero attached hydrogens (tertiary/aromatic N) is 2. The van der Waals surface area contributed by atoms with Gasteiger partial charge in [0.05, 0.1) is 12.1 Å². The number of halogens is 1. The number of hydrogen-bond donors (Lipinski definition) is 1. The van der Waals surface area contributed by atoms with Gasteiger partial charge in [0.25, 0.3) is 0 Å². The van der Waals surface area contributed by atoms with E-state index in [1.54, 1.807) is 0 Å². The molecule has 1 unspecified atom stereocenters. The van der Waals surface area contributed by atoms with Crippen molar-refractivity contribution in [1.82, 2.24) is 15.1 Å². The minimum absolute atomic E-state index is 0. The Hall–Kier alpha value is -0.520. The summed E-state index contributed by atoms with van der Waals surface area (Å²) in [6.45, 7) is 4.38. The van der Waals surface area contributed by atoms with Gasteiger partial charge in [-0.1, -0.05) is 0 Å². The van der Waals surface area contributed by atoms with Gasteiger partial charge in [0, 0.05) is 26.2 Å². The van der Waals surface area contributed by atoms with Crippen LogP contribution in [0.15, 0.2) is 0 Å². The number of nitrogens with one attached hydrogen (secondary N) is 1. The van der Waals surface area contributed by atoms with E-state index in [0.29, 0.717) is 12.6 Å². The van der Waals surface area contributed by atoms with E-state index in [1.807, 2.05) is 11.9 Å². The zero-order valence-electron chi connectivity index (χ0n) is 10.9. The Morgan fingerprint density at radius 1 is 1.39 bits per heavy atom. The molecule has 0 aliphatic carbocycles. The summed E-state index contributed by atoms with van der Waals surface area (Å²) in [5, 5.41) is 3.36. The van der Waals surface area contributed by atoms with Gasteiger partial charge in [-0.05, 0) is 32.4 Å². The van der Waals surface area contributed by atoms with Gasteiger partial charge in [-0.25, -0.2) is 4.79 Å². The van der Waals surface area contributed by atoms with Crippen LogP contribution < -0.4 is 5.32 Å². The van der Waals surface area contributed by atoms with Crippen LogP contribution in [0.1, 0.15) is 19.3 Å². The van der Waals surface area contributed by atoms with Crippen LogP contribution in [-0.4, -0.2) is 67.3 Å². The van der Waals surface area contributed by atoms with Crippen molar-refractivity contribution in [2.24, 2.45) is 0 Å². The third kappa shape index (κ3) is 2.08. The lowest BCUT2D eigenvalue weighted by Crippen LogP contribution is -2.55. The van der Waals surface area contributed by atoms with Gasteiger partial charge in [-0.2, -0.15) is 0 Å². The highest BCUT2D eigenvalue weighted by Crippen LogP contribution is 2.36. The molecule has 6 heteroatoms. The Balaban J connectivity index is 0.00000120. The highest BCUT2D eigenvalue weighted by molar-refractivity contribution is 5.85. The van der Waals surface area contributed by atoms with E-state index >= 15 is 0 Å². The second kappa shape index (κ2) is 5.23. The Labute approximate surface area is 114 Å². The summed E-state index contributed by atoms with van der Waals surface area (Å²) in [6, 6.07) is 0.595. The molecule has 0 radical (unpaired) electrons. The summed E-state index contributed by atoms with van der Waals surface area (Å²) >= 11 is 0. The quantitative estimate of drug-likeness (QED) is 0.766. The lowest BCUT2D eigenvalue weighted by molar-refractivity contribution is 0.0807. The lowest BCUT2D eigenvalue weighted by atomic mass is 9.93. The Morgan fingerprint density at radius 3 is 2.72 bits per heavy atom. The van der Waals surface area contributed by atoms with E-state index in [1.165, 1.54) is 0 Å². The van der Waals surface area contributed by atoms with E-state index in [4.69, 9.17) is 4.74 Å². The zero-order chi connectivity index (χ0) is 11.9. The standard InChI is InChI=1S/C12H21N3O2.ClH/c1-14-8-12(4-7-17-9-12)15(11(14)16)10-2-5-13-6-3-10;/h10,13H,2-9H2,1H3;1H. The van der Waals surface area contributed by atoms with Gasteiger partial charge >= 0.3 is 6.03 Å². The molecule has 3 aliphatic rings. The monoisotopic (exact) mass is 275 g/mol. The van der Waals surface area contributed by atoms with Crippen LogP contribution in [0.4, 0.5) is 4.79 Å². The number of amides is 2. The molecule has 3 fully saturated rings. The largest absolute Gasteiger partial charge is 0.379 e. The van der Waals surface area contributed by atoms with Crippen molar-refractivity contribution in [2.75, 3.05) is 39.9 Å². The van der Waals surface area contributed by atoms with Crippen molar-refractivity contribution in [2.45, 2.75) is 30.8 Å². The number of hydrogen-bond acceptors (Lipinski definition) is 3. The molecule has 1 spiro atoms. The van der Waals surface area contributed by atoms with E-state index in [9.17, 15) is 4.79 Å². The smallest absolute Gasteiger partial charge is 0.320 e. The topological polar surface area (TPSA) is 44.8 Å². The first kappa shape index (κ1) is 13.9. The molecular weight excluding hydrogens is 254 g/mol. The van der Waals surface area contributed by atoms with E-state index in [2.05, 4.69) is 10.2 Å². The van der Waals surface area contributed by atoms with Crippen LogP contribution in [0.2, 0.25) is 0 Å². The molecule has 3 heterocycles. The van der Waals surface area contributed by atoms with Crippen LogP contribution in [0, 0.1) is 0 Å². The van der Waals surface area contributed by atoms with Gasteiger partial charge in [0.2, 0.25) is 0 Å². The molecule has 5 nitrogen and oxygen atoms in total. The minimum atomic E-state index is -0.0339. The predicted octanol–water partition coefficient (Wildman–Crippen LogP) is 0.687. The fourth-order valence-electron chi connectivity index (χ4n) is 3.49. The summed E-state index contributed by atoms with van der Waals surface area (Å²) in [5.74, 6) is 0. The third-order valence-electron chi connectivity index (χ3n) is 4.33. The number of rotatable bonds is 1. The fourth-order valence-corrected chi connectivity index (χ4v) is 3.49. The fraction of sp³-hybridized carbons (Fsp3) is 0.917. The van der Waals surface area contributed by atoms with Gasteiger partial charge < -0.3 is 19.9 Å². The van der Waals surface area contributed by atoms with E-state index < -0.39 is 0 Å². The lowest BCUT2D eigenvalue weighted by Gasteiger charge is -2.40. The van der Waals surface area contributed by atoms with Crippen molar-refractivity contribution in [3.63, 3.8) is 0 Å². The minimum Gasteiger partial charge on any atom is -0.379 e. The van der Waals surface area contributed by atoms with Crippen molar-refractivity contribution in [3.05, 3.63) is 0 Å². The van der Waals surface area contributed by atoms with Gasteiger partial charge in [0.1, 0.15) is 0 Å². The SMILES string of the molecule is CN1CC2(CCOC2)N(C2CCNCC2)C1=O.Cl. The Morgan fingerprint density at radius 2 is 2.11 bits per heavy atom. The zero-order valence-corrected chi connectivity index (χ0v) is 11.7. The van der Waals surface area contributed by atoms with Crippen LogP contribution in [-0.2, 0) is 4.74 Å². The molecule has 2 amide bonds. The number of carbonyl (C=O) groups excluding carboxylic acids is 1. The van der Waals surface area contributed by atoms with Crippen LogP contribution in [0.25, 0.3) is 0 Å². The summed E-state index contributed by atoms with van der Waals surface area (Å²) in [7, 11) is 1.91. The average Bonchev–Trinajstić information content (AvgIpc) is 2.88. The van der Waals surface area contributed by atoms with Crippen molar-refractivity contribution in [3.8, 4) is 0 Å². The number of urea groups is 1. The molecule has 104 valence electrons. The van der Waals surface area contributed by atoms with Crippen LogP contribution in [0.5, 0.6) is 0 Å². The summed E-state index contributed by atoms with van der Waals surface area (Å²) < 4.78 is 5.56. The second-order valence-corrected chi connectivity index (χ2v) is 5.52. The molecule has 3 saturated heterocycles. The van der Waals surface area contributed by atoms with Crippen molar-refractivity contribution >= 4 is 18.4 Å². The first-order valence-electron chi connectivity index (χ1n) is 6.56. The maximum atomic E-state index is 12.3. The molecule has 0 saturated carbocycles. The van der Waals surface area contributed by atoms with Crippen LogP contribution >= 0.6 is 12.4 Å². The average molecular weight is 276 g/mol. The highest BCUT2D eigenvalue weighted by atomic mass is 35.5. The molecule has 0 aromatic carbocycles. The first-order valence-corrected chi connectivity index (χ1v) is 6.56. The summed E-state index contributed by atoms with van der Waals surface area (Å²) in [5.41, 5.74) is -0.0339. The summed E-state index contributed by atoms with van der Waals surface area (Å²) in [6.07, 6.45) is 3.13. The normalized spacial score (nSPS) is 33.3. The van der Waals surface area contributed by atoms with Crippen molar-refractivity contribution < 1.29 is 9.53 Å². The maximum Gasteiger partial charge on any atom is 0.320 e. The molecule has 1 N–H and O–H groups in total. The van der Waals surface area contributed by atoms with Gasteiger partial charge in [0.15, 0.2) is 0 Å². The Kier molecular flexibility index (Phi) is 4.04. The van der Waals surface area contributed by atoms with Crippen LogP contribution in [0.3, 0.4) is 0 Å². The van der Waals surface area contributed by atoms with Gasteiger partial charge in [-0.15, -0.1) is 12.4 Å². The molecule has 18 heavy (non-hydrogen) atoms. The molecule has 0 aromatic heterocycles. The number of piperidine rings is 1. The molecular formula is C12H22ClN3O2. The molecule has 1 atom stereocenters. The number of ether oxygens (including phenoxy) is 1.